The molecule has 0 aliphatic rings. The molecule has 0 spiro atoms. The van der Waals surface area contributed by atoms with Gasteiger partial charge < -0.3 is 10.6 Å². The largest absolute Gasteiger partial charge is 0.366 e. The third kappa shape index (κ3) is 6.72. The zero-order chi connectivity index (χ0) is 26.1. The number of allylic oxidation sites excluding steroid dienone is 1. The summed E-state index contributed by atoms with van der Waals surface area (Å²) in [5, 5.41) is 34.5. The fourth-order valence-corrected chi connectivity index (χ4v) is 3.71. The highest BCUT2D eigenvalue weighted by Crippen LogP contribution is 2.28. The second-order valence-corrected chi connectivity index (χ2v) is 8.77. The van der Waals surface area contributed by atoms with Crippen LogP contribution in [0.1, 0.15) is 29.3 Å². The van der Waals surface area contributed by atoms with Crippen LogP contribution in [0.5, 0.6) is 0 Å². The second-order valence-electron chi connectivity index (χ2n) is 8.02. The molecule has 180 valence electrons. The lowest BCUT2D eigenvalue weighted by molar-refractivity contribution is 1.12. The van der Waals surface area contributed by atoms with Crippen molar-refractivity contribution >= 4 is 33.7 Å². The minimum absolute atomic E-state index is 0.245. The lowest BCUT2D eigenvalue weighted by Crippen LogP contribution is -2.18. The molecular weight excluding hydrogens is 468 g/mol. The first-order chi connectivity index (χ1) is 17.3. The van der Waals surface area contributed by atoms with Crippen molar-refractivity contribution in [2.24, 2.45) is 15.2 Å². The van der Waals surface area contributed by atoms with Crippen molar-refractivity contribution in [1.82, 2.24) is 4.37 Å². The molecule has 2 N–H and O–H groups in total. The van der Waals surface area contributed by atoms with E-state index < -0.39 is 0 Å². The van der Waals surface area contributed by atoms with Gasteiger partial charge in [-0.25, -0.2) is 4.99 Å². The van der Waals surface area contributed by atoms with Crippen molar-refractivity contribution < 1.29 is 0 Å². The number of rotatable bonds is 8. The van der Waals surface area contributed by atoms with Crippen LogP contribution in [0.15, 0.2) is 87.2 Å². The SMILES string of the molecule is C=C(/N=N/c1snc(C)c1C#N)/C(C)=C(C#N)\C(=N/CNc1ccc(C)cc1)Nc1ccc(C)cc1. The van der Waals surface area contributed by atoms with Gasteiger partial charge in [-0.15, -0.1) is 10.2 Å². The number of nitrogens with one attached hydrogen (secondary N) is 2. The van der Waals surface area contributed by atoms with Crippen LogP contribution in [-0.2, 0) is 0 Å². The summed E-state index contributed by atoms with van der Waals surface area (Å²) in [5.41, 5.74) is 6.06. The van der Waals surface area contributed by atoms with Crippen molar-refractivity contribution in [1.29, 1.82) is 10.5 Å². The van der Waals surface area contributed by atoms with E-state index in [-0.39, 0.29) is 17.9 Å². The maximum atomic E-state index is 10.0. The molecule has 0 amide bonds. The quantitative estimate of drug-likeness (QED) is 0.115. The third-order valence-electron chi connectivity index (χ3n) is 5.26. The highest BCUT2D eigenvalue weighted by atomic mass is 32.1. The van der Waals surface area contributed by atoms with Crippen molar-refractivity contribution in [3.05, 3.63) is 94.3 Å². The summed E-state index contributed by atoms with van der Waals surface area (Å²) < 4.78 is 4.14. The molecule has 0 fully saturated rings. The van der Waals surface area contributed by atoms with Gasteiger partial charge >= 0.3 is 0 Å². The average Bonchev–Trinajstić information content (AvgIpc) is 3.24. The predicted octanol–water partition coefficient (Wildman–Crippen LogP) is 6.96. The van der Waals surface area contributed by atoms with Gasteiger partial charge in [0.2, 0.25) is 0 Å². The van der Waals surface area contributed by atoms with Crippen LogP contribution in [0.2, 0.25) is 0 Å². The molecule has 8 nitrogen and oxygen atoms in total. The van der Waals surface area contributed by atoms with Gasteiger partial charge in [-0.3, -0.25) is 0 Å². The topological polar surface area (TPSA) is 122 Å². The monoisotopic (exact) mass is 494 g/mol. The Morgan fingerprint density at radius 2 is 1.61 bits per heavy atom. The molecule has 1 heterocycles. The summed E-state index contributed by atoms with van der Waals surface area (Å²) in [7, 11) is 0. The summed E-state index contributed by atoms with van der Waals surface area (Å²) in [4.78, 5) is 4.63. The number of aliphatic imine (C=N–C) groups is 1. The van der Waals surface area contributed by atoms with E-state index in [4.69, 9.17) is 0 Å². The van der Waals surface area contributed by atoms with Gasteiger partial charge in [0.1, 0.15) is 30.2 Å². The Balaban J connectivity index is 1.90. The summed E-state index contributed by atoms with van der Waals surface area (Å²) in [6.07, 6.45) is 0. The smallest absolute Gasteiger partial charge is 0.176 e. The zero-order valence-electron chi connectivity index (χ0n) is 20.6. The number of aromatic nitrogens is 1. The van der Waals surface area contributed by atoms with Gasteiger partial charge in [0.05, 0.1) is 17.0 Å². The van der Waals surface area contributed by atoms with Gasteiger partial charge in [-0.05, 0) is 69.1 Å². The van der Waals surface area contributed by atoms with Gasteiger partial charge in [-0.2, -0.15) is 14.9 Å². The molecule has 0 atom stereocenters. The minimum atomic E-state index is 0.245. The molecule has 0 saturated carbocycles. The van der Waals surface area contributed by atoms with Crippen molar-refractivity contribution in [3.63, 3.8) is 0 Å². The van der Waals surface area contributed by atoms with Crippen molar-refractivity contribution in [2.45, 2.75) is 27.7 Å². The molecule has 0 aliphatic heterocycles. The number of nitrogens with zero attached hydrogens (tertiary/aromatic N) is 6. The highest BCUT2D eigenvalue weighted by Gasteiger charge is 2.15. The van der Waals surface area contributed by atoms with Gasteiger partial charge in [0.15, 0.2) is 5.00 Å². The molecule has 0 bridgehead atoms. The first-order valence-electron chi connectivity index (χ1n) is 11.1. The Labute approximate surface area is 215 Å². The summed E-state index contributed by atoms with van der Waals surface area (Å²) >= 11 is 1.09. The predicted molar refractivity (Wildman–Crippen MR) is 145 cm³/mol. The lowest BCUT2D eigenvalue weighted by Gasteiger charge is -2.13. The molecule has 9 heteroatoms. The Morgan fingerprint density at radius 3 is 2.19 bits per heavy atom. The standard InChI is InChI=1S/C27H26N8S/c1-17-6-10-22(11-7-17)30-16-31-26(32-23-12-8-18(2)9-13-23)24(14-28)19(3)20(4)33-34-27-25(15-29)21(5)35-36-27/h6-13,30H,4,16H2,1-3,5H3,(H,31,32)/b24-19-,34-33+. The molecule has 3 rings (SSSR count). The van der Waals surface area contributed by atoms with E-state index in [1.165, 1.54) is 5.56 Å². The highest BCUT2D eigenvalue weighted by molar-refractivity contribution is 7.10. The Hall–Kier alpha value is -4.60. The molecule has 0 unspecified atom stereocenters. The third-order valence-corrected chi connectivity index (χ3v) is 6.08. The number of amidine groups is 1. The van der Waals surface area contributed by atoms with Crippen molar-refractivity contribution in [2.75, 3.05) is 17.3 Å². The molecule has 0 radical (unpaired) electrons. The van der Waals surface area contributed by atoms with Crippen LogP contribution in [-0.4, -0.2) is 16.9 Å². The number of hydrogen-bond acceptors (Lipinski definition) is 8. The first kappa shape index (κ1) is 26.0. The lowest BCUT2D eigenvalue weighted by atomic mass is 10.1. The van der Waals surface area contributed by atoms with E-state index in [1.54, 1.807) is 13.8 Å². The number of nitriles is 2. The first-order valence-corrected chi connectivity index (χ1v) is 11.9. The van der Waals surface area contributed by atoms with Crippen LogP contribution in [0.4, 0.5) is 16.4 Å². The maximum absolute atomic E-state index is 10.0. The fraction of sp³-hybridized carbons (Fsp3) is 0.185. The van der Waals surface area contributed by atoms with E-state index in [0.717, 1.165) is 28.5 Å². The average molecular weight is 495 g/mol. The molecule has 3 aromatic rings. The normalized spacial score (nSPS) is 12.0. The fourth-order valence-electron chi connectivity index (χ4n) is 3.03. The second kappa shape index (κ2) is 12.2. The van der Waals surface area contributed by atoms with E-state index in [9.17, 15) is 10.5 Å². The van der Waals surface area contributed by atoms with Gasteiger partial charge in [0.25, 0.3) is 0 Å². The van der Waals surface area contributed by atoms with Crippen molar-refractivity contribution in [3.8, 4) is 12.1 Å². The Morgan fingerprint density at radius 1 is 1.00 bits per heavy atom. The van der Waals surface area contributed by atoms with Crippen LogP contribution in [0, 0.1) is 43.4 Å². The Kier molecular flexibility index (Phi) is 8.82. The van der Waals surface area contributed by atoms with Gasteiger partial charge in [-0.1, -0.05) is 42.0 Å². The van der Waals surface area contributed by atoms with E-state index in [0.29, 0.717) is 27.7 Å². The number of benzene rings is 2. The molecule has 0 saturated heterocycles. The molecular formula is C27H26N8S. The molecule has 36 heavy (non-hydrogen) atoms. The summed E-state index contributed by atoms with van der Waals surface area (Å²) in [6, 6.07) is 20.1. The van der Waals surface area contributed by atoms with E-state index >= 15 is 0 Å². The number of azo groups is 1. The maximum Gasteiger partial charge on any atom is 0.176 e. The molecule has 0 aliphatic carbocycles. The number of hydrogen-bond donors (Lipinski definition) is 2. The van der Waals surface area contributed by atoms with E-state index in [2.05, 4.69) is 48.9 Å². The van der Waals surface area contributed by atoms with Crippen LogP contribution >= 0.6 is 11.5 Å². The molecule has 1 aromatic heterocycles. The Bertz CT molecular complexity index is 1410. The molecule has 2 aromatic carbocycles. The van der Waals surface area contributed by atoms with Crippen LogP contribution in [0.25, 0.3) is 0 Å². The van der Waals surface area contributed by atoms with Gasteiger partial charge in [0, 0.05) is 11.4 Å². The summed E-state index contributed by atoms with van der Waals surface area (Å²) in [5.74, 6) is 0.376. The van der Waals surface area contributed by atoms with Crippen LogP contribution in [0.3, 0.4) is 0 Å². The van der Waals surface area contributed by atoms with E-state index in [1.807, 2.05) is 62.4 Å². The zero-order valence-corrected chi connectivity index (χ0v) is 21.4. The minimum Gasteiger partial charge on any atom is -0.366 e. The summed E-state index contributed by atoms with van der Waals surface area (Å²) in [6.45, 7) is 11.7. The van der Waals surface area contributed by atoms with Crippen LogP contribution < -0.4 is 10.6 Å². The number of anilines is 2. The number of aryl methyl sites for hydroxylation is 3.